The molecular weight excluding hydrogens is 340 g/mol. The van der Waals surface area contributed by atoms with Crippen LogP contribution in [-0.4, -0.2) is 62.8 Å². The summed E-state index contributed by atoms with van der Waals surface area (Å²) in [5.41, 5.74) is 0. The van der Waals surface area contributed by atoms with Crippen molar-refractivity contribution in [2.75, 3.05) is 33.8 Å². The summed E-state index contributed by atoms with van der Waals surface area (Å²) in [4.78, 5) is 7.04. The van der Waals surface area contributed by atoms with Crippen molar-refractivity contribution in [3.05, 3.63) is 24.3 Å². The number of benzene rings is 1. The van der Waals surface area contributed by atoms with E-state index in [0.29, 0.717) is 12.6 Å². The molecule has 1 aromatic rings. The quantitative estimate of drug-likeness (QED) is 0.568. The van der Waals surface area contributed by atoms with Gasteiger partial charge >= 0.3 is 0 Å². The zero-order chi connectivity index (χ0) is 19.1. The first-order valence-electron chi connectivity index (χ1n) is 10.2. The van der Waals surface area contributed by atoms with Crippen LogP contribution in [0.15, 0.2) is 29.3 Å². The second-order valence-corrected chi connectivity index (χ2v) is 7.62. The molecule has 0 amide bonds. The van der Waals surface area contributed by atoms with Gasteiger partial charge in [-0.2, -0.15) is 0 Å². The van der Waals surface area contributed by atoms with Crippen molar-refractivity contribution in [1.29, 1.82) is 0 Å². The van der Waals surface area contributed by atoms with Gasteiger partial charge in [0.05, 0.1) is 13.7 Å². The second-order valence-electron chi connectivity index (χ2n) is 7.62. The van der Waals surface area contributed by atoms with Gasteiger partial charge in [-0.3, -0.25) is 9.89 Å². The zero-order valence-corrected chi connectivity index (χ0v) is 16.9. The van der Waals surface area contributed by atoms with Crippen LogP contribution in [0.5, 0.6) is 11.5 Å². The van der Waals surface area contributed by atoms with Gasteiger partial charge in [-0.15, -0.1) is 0 Å². The van der Waals surface area contributed by atoms with E-state index in [1.165, 1.54) is 38.6 Å². The van der Waals surface area contributed by atoms with Gasteiger partial charge in [-0.05, 0) is 38.3 Å². The lowest BCUT2D eigenvalue weighted by molar-refractivity contribution is 0.222. The first kappa shape index (κ1) is 19.8. The van der Waals surface area contributed by atoms with Crippen LogP contribution < -0.4 is 20.1 Å². The minimum atomic E-state index is 0.0224. The van der Waals surface area contributed by atoms with Gasteiger partial charge in [0.25, 0.3) is 0 Å². The van der Waals surface area contributed by atoms with Gasteiger partial charge in [-0.1, -0.05) is 18.9 Å². The van der Waals surface area contributed by atoms with Crippen LogP contribution in [0.2, 0.25) is 0 Å². The summed E-state index contributed by atoms with van der Waals surface area (Å²) >= 11 is 0. The van der Waals surface area contributed by atoms with E-state index in [9.17, 15) is 0 Å². The van der Waals surface area contributed by atoms with E-state index in [1.54, 1.807) is 7.11 Å². The van der Waals surface area contributed by atoms with Gasteiger partial charge < -0.3 is 20.1 Å². The highest BCUT2D eigenvalue weighted by Gasteiger charge is 2.30. The predicted molar refractivity (Wildman–Crippen MR) is 110 cm³/mol. The van der Waals surface area contributed by atoms with Crippen LogP contribution in [0.3, 0.4) is 0 Å². The van der Waals surface area contributed by atoms with Gasteiger partial charge in [0, 0.05) is 38.3 Å². The SMILES string of the molecule is CN=C(NCC(C)Oc1cccc(OC)c1)NC1CCN(C2CCCC2)C1. The zero-order valence-electron chi connectivity index (χ0n) is 16.9. The standard InChI is InChI=1S/C21H34N4O2/c1-16(27-20-10-6-9-19(13-20)26-3)14-23-21(22-2)24-17-11-12-25(15-17)18-7-4-5-8-18/h6,9-10,13,16-18H,4-5,7-8,11-12,14-15H2,1-3H3,(H2,22,23,24). The summed E-state index contributed by atoms with van der Waals surface area (Å²) in [5.74, 6) is 2.47. The molecule has 1 aliphatic heterocycles. The van der Waals surface area contributed by atoms with E-state index >= 15 is 0 Å². The van der Waals surface area contributed by atoms with E-state index in [1.807, 2.05) is 31.3 Å². The third kappa shape index (κ3) is 5.76. The van der Waals surface area contributed by atoms with Crippen LogP contribution in [0.4, 0.5) is 0 Å². The van der Waals surface area contributed by atoms with E-state index < -0.39 is 0 Å². The maximum Gasteiger partial charge on any atom is 0.191 e. The first-order valence-corrected chi connectivity index (χ1v) is 10.2. The molecule has 0 spiro atoms. The fraction of sp³-hybridized carbons (Fsp3) is 0.667. The average molecular weight is 375 g/mol. The van der Waals surface area contributed by atoms with Crippen molar-refractivity contribution < 1.29 is 9.47 Å². The number of methoxy groups -OCH3 is 1. The fourth-order valence-corrected chi connectivity index (χ4v) is 4.08. The monoisotopic (exact) mass is 374 g/mol. The second kappa shape index (κ2) is 9.83. The third-order valence-electron chi connectivity index (χ3n) is 5.56. The lowest BCUT2D eigenvalue weighted by Gasteiger charge is -2.24. The molecule has 1 saturated carbocycles. The minimum absolute atomic E-state index is 0.0224. The van der Waals surface area contributed by atoms with Gasteiger partial charge in [0.1, 0.15) is 17.6 Å². The highest BCUT2D eigenvalue weighted by molar-refractivity contribution is 5.80. The Morgan fingerprint density at radius 3 is 2.78 bits per heavy atom. The van der Waals surface area contributed by atoms with Crippen molar-refractivity contribution in [3.63, 3.8) is 0 Å². The summed E-state index contributed by atoms with van der Waals surface area (Å²) in [5, 5.41) is 6.97. The molecule has 1 aromatic carbocycles. The highest BCUT2D eigenvalue weighted by Crippen LogP contribution is 2.26. The van der Waals surface area contributed by atoms with E-state index in [4.69, 9.17) is 9.47 Å². The minimum Gasteiger partial charge on any atom is -0.497 e. The van der Waals surface area contributed by atoms with E-state index in [0.717, 1.165) is 30.0 Å². The van der Waals surface area contributed by atoms with Crippen molar-refractivity contribution in [3.8, 4) is 11.5 Å². The third-order valence-corrected chi connectivity index (χ3v) is 5.56. The molecule has 150 valence electrons. The molecule has 2 atom stereocenters. The molecule has 2 N–H and O–H groups in total. The number of rotatable bonds is 7. The lowest BCUT2D eigenvalue weighted by Crippen LogP contribution is -2.47. The van der Waals surface area contributed by atoms with Gasteiger partial charge in [0.2, 0.25) is 0 Å². The molecule has 1 aliphatic carbocycles. The molecule has 1 saturated heterocycles. The Hall–Kier alpha value is -1.95. The van der Waals surface area contributed by atoms with Crippen molar-refractivity contribution in [1.82, 2.24) is 15.5 Å². The van der Waals surface area contributed by atoms with Crippen LogP contribution in [0, 0.1) is 0 Å². The number of ether oxygens (including phenoxy) is 2. The summed E-state index contributed by atoms with van der Waals surface area (Å²) in [6.07, 6.45) is 6.75. The number of nitrogens with one attached hydrogen (secondary N) is 2. The number of likely N-dealkylation sites (tertiary alicyclic amines) is 1. The fourth-order valence-electron chi connectivity index (χ4n) is 4.08. The normalized spacial score (nSPS) is 22.6. The Balaban J connectivity index is 1.41. The van der Waals surface area contributed by atoms with Crippen LogP contribution in [0.25, 0.3) is 0 Å². The molecule has 2 fully saturated rings. The van der Waals surface area contributed by atoms with Crippen LogP contribution >= 0.6 is 0 Å². The number of nitrogens with zero attached hydrogens (tertiary/aromatic N) is 2. The molecule has 27 heavy (non-hydrogen) atoms. The highest BCUT2D eigenvalue weighted by atomic mass is 16.5. The molecule has 3 rings (SSSR count). The number of hydrogen-bond donors (Lipinski definition) is 2. The molecular formula is C21H34N4O2. The summed E-state index contributed by atoms with van der Waals surface area (Å²) in [6.45, 7) is 5.07. The molecule has 2 unspecified atom stereocenters. The largest absolute Gasteiger partial charge is 0.497 e. The maximum atomic E-state index is 5.97. The Kier molecular flexibility index (Phi) is 7.21. The van der Waals surface area contributed by atoms with Crippen LogP contribution in [0.1, 0.15) is 39.0 Å². The smallest absolute Gasteiger partial charge is 0.191 e. The van der Waals surface area contributed by atoms with Crippen LogP contribution in [-0.2, 0) is 0 Å². The first-order chi connectivity index (χ1) is 13.2. The number of aliphatic imine (C=N–C) groups is 1. The topological polar surface area (TPSA) is 58.1 Å². The Morgan fingerprint density at radius 1 is 1.26 bits per heavy atom. The molecule has 0 aromatic heterocycles. The molecule has 2 aliphatic rings. The Labute approximate surface area is 163 Å². The molecule has 6 heteroatoms. The van der Waals surface area contributed by atoms with Crippen molar-refractivity contribution >= 4 is 5.96 Å². The molecule has 0 radical (unpaired) electrons. The molecule has 1 heterocycles. The van der Waals surface area contributed by atoms with E-state index in [2.05, 4.69) is 27.4 Å². The number of guanidine groups is 1. The van der Waals surface area contributed by atoms with E-state index in [-0.39, 0.29) is 6.10 Å². The molecule has 0 bridgehead atoms. The Morgan fingerprint density at radius 2 is 2.04 bits per heavy atom. The molecule has 6 nitrogen and oxygen atoms in total. The summed E-state index contributed by atoms with van der Waals surface area (Å²) in [6, 6.07) is 8.99. The number of hydrogen-bond acceptors (Lipinski definition) is 4. The average Bonchev–Trinajstić information content (AvgIpc) is 3.37. The lowest BCUT2D eigenvalue weighted by atomic mass is 10.2. The predicted octanol–water partition coefficient (Wildman–Crippen LogP) is 2.64. The Bertz CT molecular complexity index is 616. The van der Waals surface area contributed by atoms with Crippen molar-refractivity contribution in [2.24, 2.45) is 4.99 Å². The maximum absolute atomic E-state index is 5.97. The van der Waals surface area contributed by atoms with Crippen molar-refractivity contribution in [2.45, 2.75) is 57.2 Å². The van der Waals surface area contributed by atoms with Gasteiger partial charge in [-0.25, -0.2) is 0 Å². The summed E-state index contributed by atoms with van der Waals surface area (Å²) < 4.78 is 11.2. The van der Waals surface area contributed by atoms with Gasteiger partial charge in [0.15, 0.2) is 5.96 Å². The summed E-state index contributed by atoms with van der Waals surface area (Å²) in [7, 11) is 3.49.